The molecule has 1 aromatic carbocycles. The number of hydroxylamine groups is 1. The molecule has 0 spiro atoms. The van der Waals surface area contributed by atoms with E-state index in [-0.39, 0.29) is 11.6 Å². The van der Waals surface area contributed by atoms with Crippen LogP contribution in [0.5, 0.6) is 0 Å². The van der Waals surface area contributed by atoms with E-state index in [1.54, 1.807) is 0 Å². The Morgan fingerprint density at radius 1 is 1.26 bits per heavy atom. The van der Waals surface area contributed by atoms with Crippen LogP contribution in [0.2, 0.25) is 0 Å². The SMILES string of the molecule is CCc1c(C(C)NOC(C)(C)C)oc2ccccc12. The zero-order valence-electron chi connectivity index (χ0n) is 12.4. The summed E-state index contributed by atoms with van der Waals surface area (Å²) < 4.78 is 5.97. The highest BCUT2D eigenvalue weighted by molar-refractivity contribution is 5.82. The molecule has 0 aliphatic rings. The molecule has 1 N–H and O–H groups in total. The normalized spacial score (nSPS) is 13.9. The highest BCUT2D eigenvalue weighted by atomic mass is 16.7. The summed E-state index contributed by atoms with van der Waals surface area (Å²) in [6.07, 6.45) is 0.952. The van der Waals surface area contributed by atoms with Gasteiger partial charge < -0.3 is 4.42 Å². The van der Waals surface area contributed by atoms with Crippen LogP contribution in [-0.2, 0) is 11.3 Å². The van der Waals surface area contributed by atoms with Crippen molar-refractivity contribution < 1.29 is 9.25 Å². The fraction of sp³-hybridized carbons (Fsp3) is 0.500. The Morgan fingerprint density at radius 3 is 2.58 bits per heavy atom. The summed E-state index contributed by atoms with van der Waals surface area (Å²) in [6.45, 7) is 10.3. The number of furan rings is 1. The molecule has 0 saturated heterocycles. The molecule has 0 aliphatic heterocycles. The average Bonchev–Trinajstić information content (AvgIpc) is 2.73. The smallest absolute Gasteiger partial charge is 0.134 e. The van der Waals surface area contributed by atoms with Crippen molar-refractivity contribution >= 4 is 11.0 Å². The minimum absolute atomic E-state index is 0.0292. The first-order chi connectivity index (χ1) is 8.92. The maximum atomic E-state index is 5.97. The molecule has 0 bridgehead atoms. The monoisotopic (exact) mass is 261 g/mol. The summed E-state index contributed by atoms with van der Waals surface area (Å²) in [7, 11) is 0. The number of para-hydroxylation sites is 1. The lowest BCUT2D eigenvalue weighted by molar-refractivity contribution is -0.0889. The van der Waals surface area contributed by atoms with Crippen molar-refractivity contribution in [3.05, 3.63) is 35.6 Å². The second-order valence-corrected chi connectivity index (χ2v) is 5.85. The van der Waals surface area contributed by atoms with E-state index in [1.165, 1.54) is 10.9 Å². The minimum atomic E-state index is -0.216. The molecule has 0 fully saturated rings. The van der Waals surface area contributed by atoms with Gasteiger partial charge in [-0.05, 0) is 40.2 Å². The van der Waals surface area contributed by atoms with Gasteiger partial charge in [-0.15, -0.1) is 0 Å². The maximum Gasteiger partial charge on any atom is 0.134 e. The summed E-state index contributed by atoms with van der Waals surface area (Å²) in [5.41, 5.74) is 5.07. The quantitative estimate of drug-likeness (QED) is 0.830. The van der Waals surface area contributed by atoms with Crippen LogP contribution in [0.1, 0.15) is 52.0 Å². The van der Waals surface area contributed by atoms with Crippen molar-refractivity contribution in [1.82, 2.24) is 5.48 Å². The first kappa shape index (κ1) is 14.1. The third-order valence-corrected chi connectivity index (χ3v) is 3.02. The molecule has 1 aromatic heterocycles. The molecule has 19 heavy (non-hydrogen) atoms. The van der Waals surface area contributed by atoms with E-state index in [0.29, 0.717) is 0 Å². The van der Waals surface area contributed by atoms with Gasteiger partial charge in [-0.3, -0.25) is 4.84 Å². The van der Waals surface area contributed by atoms with Gasteiger partial charge in [0.05, 0.1) is 11.6 Å². The van der Waals surface area contributed by atoms with Gasteiger partial charge in [-0.2, -0.15) is 5.48 Å². The van der Waals surface area contributed by atoms with Gasteiger partial charge in [-0.25, -0.2) is 0 Å². The van der Waals surface area contributed by atoms with Crippen LogP contribution < -0.4 is 5.48 Å². The van der Waals surface area contributed by atoms with Crippen LogP contribution in [0, 0.1) is 0 Å². The first-order valence-corrected chi connectivity index (χ1v) is 6.86. The second kappa shape index (κ2) is 5.35. The summed E-state index contributed by atoms with van der Waals surface area (Å²) in [5.74, 6) is 0.966. The zero-order valence-corrected chi connectivity index (χ0v) is 12.4. The Hall–Kier alpha value is -1.32. The Morgan fingerprint density at radius 2 is 1.95 bits per heavy atom. The third kappa shape index (κ3) is 3.17. The van der Waals surface area contributed by atoms with Gasteiger partial charge in [0.25, 0.3) is 0 Å². The van der Waals surface area contributed by atoms with Crippen molar-refractivity contribution in [3.8, 4) is 0 Å². The zero-order chi connectivity index (χ0) is 14.0. The van der Waals surface area contributed by atoms with Crippen LogP contribution in [0.25, 0.3) is 11.0 Å². The molecule has 0 saturated carbocycles. The standard InChI is InChI=1S/C16H23NO2/c1-6-12-13-9-7-8-10-14(13)18-15(12)11(2)17-19-16(3,4)5/h7-11,17H,6H2,1-5H3. The number of hydrogen-bond donors (Lipinski definition) is 1. The lowest BCUT2D eigenvalue weighted by Crippen LogP contribution is -2.31. The van der Waals surface area contributed by atoms with Gasteiger partial charge in [0, 0.05) is 10.9 Å². The Balaban J connectivity index is 2.28. The van der Waals surface area contributed by atoms with E-state index in [2.05, 4.69) is 25.4 Å². The number of aryl methyl sites for hydroxylation is 1. The lowest BCUT2D eigenvalue weighted by atomic mass is 10.1. The number of nitrogens with one attached hydrogen (secondary N) is 1. The van der Waals surface area contributed by atoms with Crippen LogP contribution in [0.4, 0.5) is 0 Å². The molecule has 104 valence electrons. The summed E-state index contributed by atoms with van der Waals surface area (Å²) in [4.78, 5) is 5.63. The topological polar surface area (TPSA) is 34.4 Å². The number of hydrogen-bond acceptors (Lipinski definition) is 3. The molecule has 3 heteroatoms. The lowest BCUT2D eigenvalue weighted by Gasteiger charge is -2.22. The van der Waals surface area contributed by atoms with Crippen LogP contribution >= 0.6 is 0 Å². The maximum absolute atomic E-state index is 5.97. The Labute approximate surface area is 114 Å². The Bertz CT molecular complexity index is 551. The van der Waals surface area contributed by atoms with Crippen molar-refractivity contribution in [1.29, 1.82) is 0 Å². The van der Waals surface area contributed by atoms with E-state index in [4.69, 9.17) is 9.25 Å². The van der Waals surface area contributed by atoms with Crippen LogP contribution in [0.15, 0.2) is 28.7 Å². The number of benzene rings is 1. The van der Waals surface area contributed by atoms with Gasteiger partial charge in [0.15, 0.2) is 0 Å². The molecular formula is C16H23NO2. The number of rotatable bonds is 4. The third-order valence-electron chi connectivity index (χ3n) is 3.02. The highest BCUT2D eigenvalue weighted by Crippen LogP contribution is 2.30. The van der Waals surface area contributed by atoms with Crippen molar-refractivity contribution in [3.63, 3.8) is 0 Å². The first-order valence-electron chi connectivity index (χ1n) is 6.86. The van der Waals surface area contributed by atoms with Gasteiger partial charge in [0.2, 0.25) is 0 Å². The largest absolute Gasteiger partial charge is 0.459 e. The molecule has 1 unspecified atom stereocenters. The summed E-state index contributed by atoms with van der Waals surface area (Å²) in [5, 5.41) is 1.20. The van der Waals surface area contributed by atoms with Crippen molar-refractivity contribution in [2.45, 2.75) is 52.7 Å². The molecule has 2 aromatic rings. The average molecular weight is 261 g/mol. The van der Waals surface area contributed by atoms with Crippen molar-refractivity contribution in [2.24, 2.45) is 0 Å². The van der Waals surface area contributed by atoms with E-state index in [1.807, 2.05) is 39.0 Å². The number of fused-ring (bicyclic) bond motifs is 1. The van der Waals surface area contributed by atoms with Gasteiger partial charge in [-0.1, -0.05) is 25.1 Å². The summed E-state index contributed by atoms with van der Waals surface area (Å²) in [6, 6.07) is 8.19. The van der Waals surface area contributed by atoms with Crippen molar-refractivity contribution in [2.75, 3.05) is 0 Å². The predicted octanol–water partition coefficient (Wildman–Crippen LogP) is 4.38. The van der Waals surface area contributed by atoms with Gasteiger partial charge >= 0.3 is 0 Å². The van der Waals surface area contributed by atoms with Crippen LogP contribution in [-0.4, -0.2) is 5.60 Å². The van der Waals surface area contributed by atoms with E-state index >= 15 is 0 Å². The Kier molecular flexibility index (Phi) is 3.97. The summed E-state index contributed by atoms with van der Waals surface area (Å²) >= 11 is 0. The molecule has 3 nitrogen and oxygen atoms in total. The second-order valence-electron chi connectivity index (χ2n) is 5.85. The fourth-order valence-electron chi connectivity index (χ4n) is 2.15. The molecule has 0 radical (unpaired) electrons. The van der Waals surface area contributed by atoms with E-state index < -0.39 is 0 Å². The molecule has 1 atom stereocenters. The fourth-order valence-corrected chi connectivity index (χ4v) is 2.15. The highest BCUT2D eigenvalue weighted by Gasteiger charge is 2.20. The van der Waals surface area contributed by atoms with E-state index in [9.17, 15) is 0 Å². The van der Waals surface area contributed by atoms with Crippen LogP contribution in [0.3, 0.4) is 0 Å². The van der Waals surface area contributed by atoms with Gasteiger partial charge in [0.1, 0.15) is 11.3 Å². The molecule has 0 amide bonds. The van der Waals surface area contributed by atoms with E-state index in [0.717, 1.165) is 17.8 Å². The molecule has 0 aliphatic carbocycles. The molecule has 2 rings (SSSR count). The minimum Gasteiger partial charge on any atom is -0.459 e. The molecular weight excluding hydrogens is 238 g/mol. The predicted molar refractivity (Wildman–Crippen MR) is 78.0 cm³/mol. The molecule has 1 heterocycles.